The van der Waals surface area contributed by atoms with Gasteiger partial charge in [-0.15, -0.1) is 0 Å². The van der Waals surface area contributed by atoms with Crippen molar-refractivity contribution in [2.75, 3.05) is 19.6 Å². The lowest BCUT2D eigenvalue weighted by molar-refractivity contribution is 0.0944. The number of aryl methyl sites for hydroxylation is 1. The van der Waals surface area contributed by atoms with Crippen molar-refractivity contribution in [3.63, 3.8) is 0 Å². The number of amides is 1. The molecule has 2 heterocycles. The second-order valence-electron chi connectivity index (χ2n) is 7.71. The maximum atomic E-state index is 12.9. The molecule has 1 amide bonds. The lowest BCUT2D eigenvalue weighted by atomic mass is 10.1. The number of nitrogens with one attached hydrogen (secondary N) is 1. The van der Waals surface area contributed by atoms with Crippen LogP contribution in [0.4, 0.5) is 0 Å². The molecule has 1 saturated heterocycles. The Morgan fingerprint density at radius 2 is 1.85 bits per heavy atom. The predicted molar refractivity (Wildman–Crippen MR) is 107 cm³/mol. The van der Waals surface area contributed by atoms with Crippen LogP contribution in [-0.2, 0) is 17.1 Å². The molecule has 1 aliphatic rings. The zero-order valence-corrected chi connectivity index (χ0v) is 17.2. The van der Waals surface area contributed by atoms with Gasteiger partial charge in [-0.2, -0.15) is 4.31 Å². The van der Waals surface area contributed by atoms with Crippen LogP contribution in [0.2, 0.25) is 0 Å². The van der Waals surface area contributed by atoms with Crippen LogP contribution in [0.3, 0.4) is 0 Å². The molecule has 0 spiro atoms. The number of hydrogen-bond acceptors (Lipinski definition) is 3. The lowest BCUT2D eigenvalue weighted by Crippen LogP contribution is -2.35. The van der Waals surface area contributed by atoms with Crippen LogP contribution in [0.25, 0.3) is 10.9 Å². The standard InChI is InChI=1S/C20H29N3O3S/c1-15(2)9-10-21-20(24)19-14-16-13-17(7-8-18(16)22(19)3)27(25,26)23-11-5-4-6-12-23/h7-8,13-15H,4-6,9-12H2,1-3H3,(H,21,24). The van der Waals surface area contributed by atoms with E-state index >= 15 is 0 Å². The zero-order chi connectivity index (χ0) is 19.6. The minimum absolute atomic E-state index is 0.130. The minimum atomic E-state index is -3.48. The summed E-state index contributed by atoms with van der Waals surface area (Å²) in [5.41, 5.74) is 1.39. The summed E-state index contributed by atoms with van der Waals surface area (Å²) >= 11 is 0. The summed E-state index contributed by atoms with van der Waals surface area (Å²) in [6, 6.07) is 6.89. The molecule has 1 N–H and O–H groups in total. The Morgan fingerprint density at radius 1 is 1.15 bits per heavy atom. The summed E-state index contributed by atoms with van der Waals surface area (Å²) in [4.78, 5) is 12.8. The number of piperidine rings is 1. The third-order valence-corrected chi connectivity index (χ3v) is 7.10. The van der Waals surface area contributed by atoms with Crippen LogP contribution >= 0.6 is 0 Å². The van der Waals surface area contributed by atoms with E-state index in [1.54, 1.807) is 28.6 Å². The van der Waals surface area contributed by atoms with E-state index in [1.807, 2.05) is 11.6 Å². The topological polar surface area (TPSA) is 71.4 Å². The third-order valence-electron chi connectivity index (χ3n) is 5.21. The van der Waals surface area contributed by atoms with Gasteiger partial charge in [0.2, 0.25) is 10.0 Å². The van der Waals surface area contributed by atoms with E-state index in [0.29, 0.717) is 36.1 Å². The fraction of sp³-hybridized carbons (Fsp3) is 0.550. The average Bonchev–Trinajstić information content (AvgIpc) is 2.98. The third kappa shape index (κ3) is 4.19. The first-order valence-corrected chi connectivity index (χ1v) is 11.1. The second kappa shape index (κ2) is 8.02. The van der Waals surface area contributed by atoms with Crippen LogP contribution in [0, 0.1) is 5.92 Å². The number of fused-ring (bicyclic) bond motifs is 1. The number of nitrogens with zero attached hydrogens (tertiary/aromatic N) is 2. The van der Waals surface area contributed by atoms with E-state index in [4.69, 9.17) is 0 Å². The molecule has 1 aromatic carbocycles. The van der Waals surface area contributed by atoms with Crippen molar-refractivity contribution in [3.05, 3.63) is 30.0 Å². The fourth-order valence-corrected chi connectivity index (χ4v) is 5.08. The van der Waals surface area contributed by atoms with Gasteiger partial charge in [-0.3, -0.25) is 4.79 Å². The van der Waals surface area contributed by atoms with Crippen molar-refractivity contribution in [2.45, 2.75) is 44.4 Å². The van der Waals surface area contributed by atoms with E-state index in [-0.39, 0.29) is 5.91 Å². The van der Waals surface area contributed by atoms with Gasteiger partial charge in [0.05, 0.1) is 4.90 Å². The highest BCUT2D eigenvalue weighted by molar-refractivity contribution is 7.89. The average molecular weight is 392 g/mol. The molecule has 0 bridgehead atoms. The van der Waals surface area contributed by atoms with Gasteiger partial charge in [-0.05, 0) is 49.4 Å². The quantitative estimate of drug-likeness (QED) is 0.822. The maximum Gasteiger partial charge on any atom is 0.267 e. The van der Waals surface area contributed by atoms with Crippen LogP contribution in [0.15, 0.2) is 29.2 Å². The molecule has 1 aromatic heterocycles. The van der Waals surface area contributed by atoms with E-state index in [1.165, 1.54) is 0 Å². The molecule has 6 nitrogen and oxygen atoms in total. The number of benzene rings is 1. The largest absolute Gasteiger partial charge is 0.351 e. The molecule has 7 heteroatoms. The molecular formula is C20H29N3O3S. The summed E-state index contributed by atoms with van der Waals surface area (Å²) in [5, 5.41) is 3.71. The maximum absolute atomic E-state index is 12.9. The molecule has 2 aromatic rings. The van der Waals surface area contributed by atoms with Crippen molar-refractivity contribution in [1.82, 2.24) is 14.2 Å². The van der Waals surface area contributed by atoms with Crippen LogP contribution in [-0.4, -0.2) is 42.8 Å². The highest BCUT2D eigenvalue weighted by atomic mass is 32.2. The molecule has 0 aliphatic carbocycles. The SMILES string of the molecule is CC(C)CCNC(=O)c1cc2cc(S(=O)(=O)N3CCCCC3)ccc2n1C. The number of carbonyl (C=O) groups excluding carboxylic acids is 1. The molecular weight excluding hydrogens is 362 g/mol. The van der Waals surface area contributed by atoms with Crippen LogP contribution in [0.1, 0.15) is 50.0 Å². The van der Waals surface area contributed by atoms with Crippen molar-refractivity contribution in [2.24, 2.45) is 13.0 Å². The van der Waals surface area contributed by atoms with Gasteiger partial charge < -0.3 is 9.88 Å². The van der Waals surface area contributed by atoms with Gasteiger partial charge >= 0.3 is 0 Å². The Balaban J connectivity index is 1.86. The van der Waals surface area contributed by atoms with Crippen molar-refractivity contribution in [1.29, 1.82) is 0 Å². The van der Waals surface area contributed by atoms with Gasteiger partial charge in [-0.1, -0.05) is 20.3 Å². The summed E-state index contributed by atoms with van der Waals surface area (Å²) in [7, 11) is -1.65. The molecule has 0 unspecified atom stereocenters. The van der Waals surface area contributed by atoms with Gasteiger partial charge in [0, 0.05) is 37.6 Å². The highest BCUT2D eigenvalue weighted by Gasteiger charge is 2.26. The van der Waals surface area contributed by atoms with E-state index in [0.717, 1.165) is 36.6 Å². The van der Waals surface area contributed by atoms with Gasteiger partial charge in [0.25, 0.3) is 5.91 Å². The molecule has 0 radical (unpaired) electrons. The number of rotatable bonds is 6. The predicted octanol–water partition coefficient (Wildman–Crippen LogP) is 3.13. The Morgan fingerprint density at radius 3 is 2.52 bits per heavy atom. The first-order valence-electron chi connectivity index (χ1n) is 9.68. The van der Waals surface area contributed by atoms with Crippen LogP contribution in [0.5, 0.6) is 0 Å². The summed E-state index contributed by atoms with van der Waals surface area (Å²) < 4.78 is 29.2. The molecule has 1 aliphatic heterocycles. The monoisotopic (exact) mass is 391 g/mol. The van der Waals surface area contributed by atoms with Gasteiger partial charge in [0.15, 0.2) is 0 Å². The summed E-state index contributed by atoms with van der Waals surface area (Å²) in [6.07, 6.45) is 3.83. The van der Waals surface area contributed by atoms with Crippen molar-refractivity contribution in [3.8, 4) is 0 Å². The second-order valence-corrected chi connectivity index (χ2v) is 9.65. The van der Waals surface area contributed by atoms with Gasteiger partial charge in [0.1, 0.15) is 5.69 Å². The number of sulfonamides is 1. The highest BCUT2D eigenvalue weighted by Crippen LogP contribution is 2.26. The molecule has 0 saturated carbocycles. The zero-order valence-electron chi connectivity index (χ0n) is 16.4. The molecule has 3 rings (SSSR count). The molecule has 1 fully saturated rings. The number of hydrogen-bond donors (Lipinski definition) is 1. The Hall–Kier alpha value is -1.86. The lowest BCUT2D eigenvalue weighted by Gasteiger charge is -2.25. The number of aromatic nitrogens is 1. The summed E-state index contributed by atoms with van der Waals surface area (Å²) in [5.74, 6) is 0.398. The smallest absolute Gasteiger partial charge is 0.267 e. The van der Waals surface area contributed by atoms with E-state index in [2.05, 4.69) is 19.2 Å². The Kier molecular flexibility index (Phi) is 5.91. The molecule has 148 valence electrons. The number of carbonyl (C=O) groups is 1. The summed E-state index contributed by atoms with van der Waals surface area (Å²) in [6.45, 7) is 6.03. The van der Waals surface area contributed by atoms with Gasteiger partial charge in [-0.25, -0.2) is 8.42 Å². The molecule has 0 atom stereocenters. The Bertz CT molecular complexity index is 925. The van der Waals surface area contributed by atoms with Crippen LogP contribution < -0.4 is 5.32 Å². The first kappa shape index (κ1) is 19.9. The van der Waals surface area contributed by atoms with E-state index in [9.17, 15) is 13.2 Å². The minimum Gasteiger partial charge on any atom is -0.351 e. The Labute approximate surface area is 161 Å². The van der Waals surface area contributed by atoms with E-state index < -0.39 is 10.0 Å². The van der Waals surface area contributed by atoms with Crippen molar-refractivity contribution < 1.29 is 13.2 Å². The molecule has 27 heavy (non-hydrogen) atoms. The fourth-order valence-electron chi connectivity index (χ4n) is 3.53. The first-order chi connectivity index (χ1) is 12.8. The van der Waals surface area contributed by atoms with Crippen molar-refractivity contribution >= 4 is 26.8 Å². The normalized spacial score (nSPS) is 16.1.